The number of aliphatic carboxylic acids is 1. The quantitative estimate of drug-likeness (QED) is 0.762. The summed E-state index contributed by atoms with van der Waals surface area (Å²) < 4.78 is 0. The summed E-state index contributed by atoms with van der Waals surface area (Å²) in [4.78, 5) is 11.1. The lowest BCUT2D eigenvalue weighted by molar-refractivity contribution is -0.138. The summed E-state index contributed by atoms with van der Waals surface area (Å²) >= 11 is 0. The van der Waals surface area contributed by atoms with E-state index < -0.39 is 12.0 Å². The fraction of sp³-hybridized carbons (Fsp3) is 0.500. The van der Waals surface area contributed by atoms with Crippen LogP contribution in [0.3, 0.4) is 0 Å². The Labute approximate surface area is 103 Å². The van der Waals surface area contributed by atoms with Gasteiger partial charge in [-0.2, -0.15) is 0 Å². The number of anilines is 1. The highest BCUT2D eigenvalue weighted by atomic mass is 16.4. The van der Waals surface area contributed by atoms with Crippen molar-refractivity contribution in [3.63, 3.8) is 0 Å². The minimum Gasteiger partial charge on any atom is -0.480 e. The van der Waals surface area contributed by atoms with Crippen molar-refractivity contribution < 1.29 is 9.90 Å². The summed E-state index contributed by atoms with van der Waals surface area (Å²) in [6.45, 7) is 4.17. The van der Waals surface area contributed by atoms with Gasteiger partial charge in [0.2, 0.25) is 0 Å². The third kappa shape index (κ3) is 4.47. The molecule has 94 valence electrons. The monoisotopic (exact) mass is 235 g/mol. The molecule has 0 aliphatic carbocycles. The van der Waals surface area contributed by atoms with Gasteiger partial charge in [0.15, 0.2) is 0 Å². The predicted octanol–water partition coefficient (Wildman–Crippen LogP) is 3.30. The van der Waals surface area contributed by atoms with Gasteiger partial charge < -0.3 is 10.4 Å². The fourth-order valence-electron chi connectivity index (χ4n) is 1.70. The first-order valence-corrected chi connectivity index (χ1v) is 6.25. The van der Waals surface area contributed by atoms with E-state index in [4.69, 9.17) is 5.11 Å². The van der Waals surface area contributed by atoms with E-state index in [-0.39, 0.29) is 0 Å². The minimum absolute atomic E-state index is 0.484. The van der Waals surface area contributed by atoms with Crippen molar-refractivity contribution in [1.29, 1.82) is 0 Å². The Kier molecular flexibility index (Phi) is 5.53. The highest BCUT2D eigenvalue weighted by molar-refractivity contribution is 5.77. The molecule has 0 aliphatic heterocycles. The number of rotatable bonds is 7. The highest BCUT2D eigenvalue weighted by Crippen LogP contribution is 2.13. The first kappa shape index (κ1) is 13.6. The van der Waals surface area contributed by atoms with E-state index in [1.54, 1.807) is 0 Å². The second-order valence-electron chi connectivity index (χ2n) is 4.23. The summed E-state index contributed by atoms with van der Waals surface area (Å²) in [6, 6.07) is 7.46. The Morgan fingerprint density at radius 2 is 1.94 bits per heavy atom. The zero-order valence-corrected chi connectivity index (χ0v) is 10.6. The molecule has 0 aromatic heterocycles. The lowest BCUT2D eigenvalue weighted by Gasteiger charge is -2.15. The van der Waals surface area contributed by atoms with Gasteiger partial charge in [-0.3, -0.25) is 0 Å². The summed E-state index contributed by atoms with van der Waals surface area (Å²) in [6.07, 6.45) is 3.61. The molecule has 1 unspecified atom stereocenters. The molecule has 0 amide bonds. The summed E-state index contributed by atoms with van der Waals surface area (Å²) in [7, 11) is 0. The maximum Gasteiger partial charge on any atom is 0.326 e. The first-order chi connectivity index (χ1) is 8.17. The maximum atomic E-state index is 11.1. The number of unbranched alkanes of at least 4 members (excludes halogenated alkanes) is 1. The molecule has 0 bridgehead atoms. The number of benzene rings is 1. The van der Waals surface area contributed by atoms with Gasteiger partial charge in [0.05, 0.1) is 0 Å². The van der Waals surface area contributed by atoms with Crippen molar-refractivity contribution in [2.75, 3.05) is 5.32 Å². The van der Waals surface area contributed by atoms with E-state index in [9.17, 15) is 4.79 Å². The Morgan fingerprint density at radius 1 is 1.29 bits per heavy atom. The van der Waals surface area contributed by atoms with Gasteiger partial charge in [-0.15, -0.1) is 0 Å². The van der Waals surface area contributed by atoms with E-state index in [1.807, 2.05) is 24.3 Å². The Balaban J connectivity index is 2.61. The second kappa shape index (κ2) is 6.94. The third-order valence-corrected chi connectivity index (χ3v) is 2.85. The molecule has 0 radical (unpaired) electrons. The number of nitrogens with one attached hydrogen (secondary N) is 1. The average molecular weight is 235 g/mol. The van der Waals surface area contributed by atoms with Crippen LogP contribution in [0.4, 0.5) is 5.69 Å². The Bertz CT molecular complexity index is 346. The van der Waals surface area contributed by atoms with Crippen LogP contribution in [-0.2, 0) is 11.2 Å². The maximum absolute atomic E-state index is 11.1. The molecule has 1 atom stereocenters. The summed E-state index contributed by atoms with van der Waals surface area (Å²) in [5.74, 6) is -0.780. The van der Waals surface area contributed by atoms with Crippen molar-refractivity contribution in [1.82, 2.24) is 0 Å². The van der Waals surface area contributed by atoms with Crippen molar-refractivity contribution >= 4 is 11.7 Å². The number of carboxylic acid groups (broad SMARTS) is 1. The SMILES string of the molecule is CCCCC(Nc1ccc(CC)cc1)C(=O)O. The molecular weight excluding hydrogens is 214 g/mol. The highest BCUT2D eigenvalue weighted by Gasteiger charge is 2.15. The lowest BCUT2D eigenvalue weighted by Crippen LogP contribution is -2.29. The Morgan fingerprint density at radius 3 is 2.41 bits per heavy atom. The standard InChI is InChI=1S/C14H21NO2/c1-3-5-6-13(14(16)17)15-12-9-7-11(4-2)8-10-12/h7-10,13,15H,3-6H2,1-2H3,(H,16,17). The molecule has 3 nitrogen and oxygen atoms in total. The van der Waals surface area contributed by atoms with Crippen LogP contribution in [0.25, 0.3) is 0 Å². The average Bonchev–Trinajstić information content (AvgIpc) is 2.35. The van der Waals surface area contributed by atoms with Gasteiger partial charge in [-0.05, 0) is 30.5 Å². The molecule has 2 N–H and O–H groups in total. The van der Waals surface area contributed by atoms with Crippen LogP contribution in [0.1, 0.15) is 38.7 Å². The van der Waals surface area contributed by atoms with E-state index in [0.717, 1.165) is 24.9 Å². The van der Waals surface area contributed by atoms with Crippen LogP contribution in [0.15, 0.2) is 24.3 Å². The van der Waals surface area contributed by atoms with Crippen LogP contribution in [0.5, 0.6) is 0 Å². The van der Waals surface area contributed by atoms with Gasteiger partial charge in [0.25, 0.3) is 0 Å². The van der Waals surface area contributed by atoms with Crippen LogP contribution in [0, 0.1) is 0 Å². The fourth-order valence-corrected chi connectivity index (χ4v) is 1.70. The zero-order chi connectivity index (χ0) is 12.7. The van der Waals surface area contributed by atoms with Crippen molar-refractivity contribution in [2.24, 2.45) is 0 Å². The van der Waals surface area contributed by atoms with E-state index in [1.165, 1.54) is 5.56 Å². The van der Waals surface area contributed by atoms with Gasteiger partial charge >= 0.3 is 5.97 Å². The molecule has 0 heterocycles. The topological polar surface area (TPSA) is 49.3 Å². The molecule has 0 spiro atoms. The number of carboxylic acids is 1. The number of carbonyl (C=O) groups is 1. The molecule has 1 aromatic carbocycles. The van der Waals surface area contributed by atoms with E-state index in [0.29, 0.717) is 6.42 Å². The van der Waals surface area contributed by atoms with Crippen molar-refractivity contribution in [2.45, 2.75) is 45.6 Å². The number of hydrogen-bond acceptors (Lipinski definition) is 2. The zero-order valence-electron chi connectivity index (χ0n) is 10.6. The first-order valence-electron chi connectivity index (χ1n) is 6.25. The molecule has 0 aliphatic rings. The number of aryl methyl sites for hydroxylation is 1. The molecule has 0 saturated heterocycles. The summed E-state index contributed by atoms with van der Waals surface area (Å²) in [5, 5.41) is 12.2. The van der Waals surface area contributed by atoms with Crippen LogP contribution < -0.4 is 5.32 Å². The number of hydrogen-bond donors (Lipinski definition) is 2. The van der Waals surface area contributed by atoms with Gasteiger partial charge in [-0.1, -0.05) is 38.8 Å². The third-order valence-electron chi connectivity index (χ3n) is 2.85. The van der Waals surface area contributed by atoms with Crippen LogP contribution in [0.2, 0.25) is 0 Å². The van der Waals surface area contributed by atoms with E-state index in [2.05, 4.69) is 19.2 Å². The van der Waals surface area contributed by atoms with E-state index >= 15 is 0 Å². The molecule has 0 saturated carbocycles. The summed E-state index contributed by atoms with van der Waals surface area (Å²) in [5.41, 5.74) is 2.14. The van der Waals surface area contributed by atoms with Gasteiger partial charge in [0.1, 0.15) is 6.04 Å². The minimum atomic E-state index is -0.780. The molecule has 1 rings (SSSR count). The molecule has 17 heavy (non-hydrogen) atoms. The molecule has 0 fully saturated rings. The van der Waals surface area contributed by atoms with Crippen molar-refractivity contribution in [3.8, 4) is 0 Å². The second-order valence-corrected chi connectivity index (χ2v) is 4.23. The smallest absolute Gasteiger partial charge is 0.326 e. The van der Waals surface area contributed by atoms with Gasteiger partial charge in [0, 0.05) is 5.69 Å². The van der Waals surface area contributed by atoms with Crippen molar-refractivity contribution in [3.05, 3.63) is 29.8 Å². The Hall–Kier alpha value is -1.51. The molecule has 3 heteroatoms. The normalized spacial score (nSPS) is 12.1. The van der Waals surface area contributed by atoms with Gasteiger partial charge in [-0.25, -0.2) is 4.79 Å². The van der Waals surface area contributed by atoms with Crippen LogP contribution in [-0.4, -0.2) is 17.1 Å². The van der Waals surface area contributed by atoms with Crippen LogP contribution >= 0.6 is 0 Å². The molecule has 1 aromatic rings. The molecular formula is C14H21NO2. The largest absolute Gasteiger partial charge is 0.480 e. The predicted molar refractivity (Wildman–Crippen MR) is 70.4 cm³/mol. The lowest BCUT2D eigenvalue weighted by atomic mass is 10.1.